The molecule has 0 amide bonds. The topological polar surface area (TPSA) is 75.4 Å². The van der Waals surface area contributed by atoms with Crippen LogP contribution >= 0.6 is 11.3 Å². The minimum Gasteiger partial charge on any atom is -0.395 e. The summed E-state index contributed by atoms with van der Waals surface area (Å²) in [5.41, 5.74) is 1.08. The van der Waals surface area contributed by atoms with E-state index in [9.17, 15) is 10.1 Å². The normalized spacial score (nSPS) is 12.3. The Morgan fingerprint density at radius 3 is 2.60 bits per heavy atom. The molecule has 1 heterocycles. The second-order valence-corrected chi connectivity index (χ2v) is 5.70. The Labute approximate surface area is 121 Å². The molecule has 0 aliphatic heterocycles. The van der Waals surface area contributed by atoms with Crippen molar-refractivity contribution in [3.05, 3.63) is 51.4 Å². The van der Waals surface area contributed by atoms with E-state index in [1.807, 2.05) is 19.1 Å². The Morgan fingerprint density at radius 2 is 2.00 bits per heavy atom. The van der Waals surface area contributed by atoms with Gasteiger partial charge in [0.25, 0.3) is 5.69 Å². The highest BCUT2D eigenvalue weighted by molar-refractivity contribution is 7.15. The molecule has 0 saturated carbocycles. The molecule has 0 fully saturated rings. The van der Waals surface area contributed by atoms with E-state index in [0.717, 1.165) is 10.4 Å². The fraction of sp³-hybridized carbons (Fsp3) is 0.286. The van der Waals surface area contributed by atoms with E-state index < -0.39 is 4.92 Å². The first-order chi connectivity index (χ1) is 9.60. The van der Waals surface area contributed by atoms with Crippen molar-refractivity contribution in [2.75, 3.05) is 6.61 Å². The van der Waals surface area contributed by atoms with E-state index >= 15 is 0 Å². The summed E-state index contributed by atoms with van der Waals surface area (Å²) >= 11 is 1.64. The molecule has 0 saturated heterocycles. The lowest BCUT2D eigenvalue weighted by Crippen LogP contribution is -2.28. The third-order valence-corrected chi connectivity index (χ3v) is 4.06. The van der Waals surface area contributed by atoms with Gasteiger partial charge in [-0.1, -0.05) is 0 Å². The van der Waals surface area contributed by atoms with Crippen LogP contribution in [0.2, 0.25) is 0 Å². The number of rotatable bonds is 6. The van der Waals surface area contributed by atoms with Gasteiger partial charge in [-0.3, -0.25) is 10.1 Å². The number of aliphatic hydroxyl groups excluding tert-OH is 1. The number of hydrogen-bond donors (Lipinski definition) is 2. The lowest BCUT2D eigenvalue weighted by Gasteiger charge is -2.08. The Balaban J connectivity index is 2.06. The van der Waals surface area contributed by atoms with Crippen LogP contribution in [0.4, 0.5) is 5.69 Å². The summed E-state index contributed by atoms with van der Waals surface area (Å²) in [7, 11) is 0. The largest absolute Gasteiger partial charge is 0.395 e. The Bertz CT molecular complexity index is 580. The number of nitrogens with zero attached hydrogens (tertiary/aromatic N) is 1. The summed E-state index contributed by atoms with van der Waals surface area (Å²) in [6, 6.07) is 10.7. The number of nitrogens with one attached hydrogen (secondary N) is 1. The summed E-state index contributed by atoms with van der Waals surface area (Å²) in [5, 5.41) is 22.8. The van der Waals surface area contributed by atoms with E-state index in [1.165, 1.54) is 17.0 Å². The SMILES string of the molecule is C[C@H](CO)NCc1ccc(-c2ccc([N+](=O)[O-])cc2)s1. The molecule has 1 atom stereocenters. The van der Waals surface area contributed by atoms with Gasteiger partial charge < -0.3 is 10.4 Å². The molecule has 5 nitrogen and oxygen atoms in total. The highest BCUT2D eigenvalue weighted by Crippen LogP contribution is 2.29. The van der Waals surface area contributed by atoms with E-state index in [-0.39, 0.29) is 18.3 Å². The maximum absolute atomic E-state index is 10.6. The number of hydrogen-bond acceptors (Lipinski definition) is 5. The van der Waals surface area contributed by atoms with Gasteiger partial charge in [0.2, 0.25) is 0 Å². The Hall–Kier alpha value is -1.76. The minimum atomic E-state index is -0.399. The molecule has 0 unspecified atom stereocenters. The molecular formula is C14H16N2O3S. The van der Waals surface area contributed by atoms with Crippen molar-refractivity contribution in [3.8, 4) is 10.4 Å². The van der Waals surface area contributed by atoms with Gasteiger partial charge in [0, 0.05) is 34.5 Å². The van der Waals surface area contributed by atoms with Crippen molar-refractivity contribution in [2.45, 2.75) is 19.5 Å². The van der Waals surface area contributed by atoms with Crippen LogP contribution < -0.4 is 5.32 Å². The second-order valence-electron chi connectivity index (χ2n) is 4.53. The zero-order valence-corrected chi connectivity index (χ0v) is 11.9. The summed E-state index contributed by atoms with van der Waals surface area (Å²) < 4.78 is 0. The summed E-state index contributed by atoms with van der Waals surface area (Å²) in [6.45, 7) is 2.74. The monoisotopic (exact) mass is 292 g/mol. The zero-order valence-electron chi connectivity index (χ0n) is 11.1. The van der Waals surface area contributed by atoms with Gasteiger partial charge in [-0.25, -0.2) is 0 Å². The van der Waals surface area contributed by atoms with Gasteiger partial charge in [0.05, 0.1) is 11.5 Å². The van der Waals surface area contributed by atoms with Crippen LogP contribution in [0.15, 0.2) is 36.4 Å². The van der Waals surface area contributed by atoms with Crippen molar-refractivity contribution in [1.82, 2.24) is 5.32 Å². The molecule has 2 N–H and O–H groups in total. The molecule has 106 valence electrons. The van der Waals surface area contributed by atoms with Crippen molar-refractivity contribution < 1.29 is 10.0 Å². The first kappa shape index (κ1) is 14.6. The van der Waals surface area contributed by atoms with Crippen LogP contribution in [0.25, 0.3) is 10.4 Å². The van der Waals surface area contributed by atoms with Crippen molar-refractivity contribution in [3.63, 3.8) is 0 Å². The quantitative estimate of drug-likeness (QED) is 0.634. The molecule has 1 aromatic carbocycles. The minimum absolute atomic E-state index is 0.0694. The van der Waals surface area contributed by atoms with Gasteiger partial charge in [0.15, 0.2) is 0 Å². The van der Waals surface area contributed by atoms with Crippen LogP contribution in [-0.2, 0) is 6.54 Å². The molecular weight excluding hydrogens is 276 g/mol. The lowest BCUT2D eigenvalue weighted by atomic mass is 10.2. The summed E-state index contributed by atoms with van der Waals surface area (Å²) in [4.78, 5) is 12.5. The number of nitro groups is 1. The molecule has 0 spiro atoms. The van der Waals surface area contributed by atoms with E-state index in [0.29, 0.717) is 6.54 Å². The smallest absolute Gasteiger partial charge is 0.269 e. The number of nitro benzene ring substituents is 1. The van der Waals surface area contributed by atoms with Crippen molar-refractivity contribution in [1.29, 1.82) is 0 Å². The summed E-state index contributed by atoms with van der Waals surface area (Å²) in [6.07, 6.45) is 0. The summed E-state index contributed by atoms with van der Waals surface area (Å²) in [5.74, 6) is 0. The molecule has 2 rings (SSSR count). The van der Waals surface area contributed by atoms with Crippen molar-refractivity contribution >= 4 is 17.0 Å². The molecule has 6 heteroatoms. The first-order valence-electron chi connectivity index (χ1n) is 6.28. The van der Waals surface area contributed by atoms with Crippen molar-refractivity contribution in [2.24, 2.45) is 0 Å². The Morgan fingerprint density at radius 1 is 1.30 bits per heavy atom. The lowest BCUT2D eigenvalue weighted by molar-refractivity contribution is -0.384. The maximum atomic E-state index is 10.6. The number of aliphatic hydroxyl groups is 1. The molecule has 20 heavy (non-hydrogen) atoms. The fourth-order valence-corrected chi connectivity index (χ4v) is 2.68. The van der Waals surface area contributed by atoms with Gasteiger partial charge in [0.1, 0.15) is 0 Å². The number of non-ortho nitro benzene ring substituents is 1. The maximum Gasteiger partial charge on any atom is 0.269 e. The van der Waals surface area contributed by atoms with E-state index in [1.54, 1.807) is 23.5 Å². The highest BCUT2D eigenvalue weighted by Gasteiger charge is 2.07. The third kappa shape index (κ3) is 3.63. The van der Waals surface area contributed by atoms with Crippen LogP contribution in [0.1, 0.15) is 11.8 Å². The predicted octanol–water partition coefficient (Wildman–Crippen LogP) is 2.79. The molecule has 0 aliphatic carbocycles. The molecule has 1 aromatic heterocycles. The number of thiophene rings is 1. The zero-order chi connectivity index (χ0) is 14.5. The predicted molar refractivity (Wildman–Crippen MR) is 79.8 cm³/mol. The average molecular weight is 292 g/mol. The average Bonchev–Trinajstić information content (AvgIpc) is 2.93. The van der Waals surface area contributed by atoms with Gasteiger partial charge in [-0.2, -0.15) is 0 Å². The molecule has 0 aliphatic rings. The van der Waals surface area contributed by atoms with Gasteiger partial charge >= 0.3 is 0 Å². The number of benzene rings is 1. The van der Waals surface area contributed by atoms with Gasteiger partial charge in [-0.05, 0) is 36.8 Å². The molecule has 0 radical (unpaired) electrons. The first-order valence-corrected chi connectivity index (χ1v) is 7.09. The standard InChI is InChI=1S/C14H16N2O3S/c1-10(9-17)15-8-13-6-7-14(20-13)11-2-4-12(5-3-11)16(18)19/h2-7,10,15,17H,8-9H2,1H3/t10-/m1/s1. The van der Waals surface area contributed by atoms with Gasteiger partial charge in [-0.15, -0.1) is 11.3 Å². The third-order valence-electron chi connectivity index (χ3n) is 2.92. The van der Waals surface area contributed by atoms with E-state index in [2.05, 4.69) is 5.32 Å². The van der Waals surface area contributed by atoms with Crippen LogP contribution in [0.5, 0.6) is 0 Å². The van der Waals surface area contributed by atoms with Crippen LogP contribution in [0, 0.1) is 10.1 Å². The van der Waals surface area contributed by atoms with Crippen LogP contribution in [0.3, 0.4) is 0 Å². The van der Waals surface area contributed by atoms with E-state index in [4.69, 9.17) is 5.11 Å². The molecule has 0 bridgehead atoms. The fourth-order valence-electron chi connectivity index (χ4n) is 1.71. The van der Waals surface area contributed by atoms with Crippen LogP contribution in [-0.4, -0.2) is 22.7 Å². The second kappa shape index (κ2) is 6.60. The Kier molecular flexibility index (Phi) is 4.84. The molecule has 2 aromatic rings. The highest BCUT2D eigenvalue weighted by atomic mass is 32.1.